The van der Waals surface area contributed by atoms with E-state index in [-0.39, 0.29) is 5.91 Å². The fourth-order valence-corrected chi connectivity index (χ4v) is 1.35. The van der Waals surface area contributed by atoms with Crippen LogP contribution in [0, 0.1) is 0 Å². The van der Waals surface area contributed by atoms with Crippen LogP contribution >= 0.6 is 0 Å². The van der Waals surface area contributed by atoms with Gasteiger partial charge in [-0.05, 0) is 18.6 Å². The second-order valence-electron chi connectivity index (χ2n) is 3.36. The van der Waals surface area contributed by atoms with Crippen molar-refractivity contribution >= 4 is 11.6 Å². The number of rotatable bonds is 5. The van der Waals surface area contributed by atoms with E-state index in [0.717, 1.165) is 6.42 Å². The van der Waals surface area contributed by atoms with E-state index in [1.165, 1.54) is 0 Å². The first-order chi connectivity index (χ1) is 7.71. The Hall–Kier alpha value is -1.71. The zero-order valence-corrected chi connectivity index (χ0v) is 9.87. The summed E-state index contributed by atoms with van der Waals surface area (Å²) in [7, 11) is 3.15. The van der Waals surface area contributed by atoms with Gasteiger partial charge >= 0.3 is 0 Å². The zero-order valence-electron chi connectivity index (χ0n) is 9.87. The molecule has 0 aromatic heterocycles. The van der Waals surface area contributed by atoms with Gasteiger partial charge in [-0.25, -0.2) is 0 Å². The molecule has 1 aromatic rings. The first-order valence-electron chi connectivity index (χ1n) is 5.23. The summed E-state index contributed by atoms with van der Waals surface area (Å²) < 4.78 is 10.2. The van der Waals surface area contributed by atoms with Crippen LogP contribution in [0.3, 0.4) is 0 Å². The van der Waals surface area contributed by atoms with Gasteiger partial charge in [0.15, 0.2) is 0 Å². The van der Waals surface area contributed by atoms with Crippen LogP contribution in [-0.4, -0.2) is 20.1 Å². The fourth-order valence-electron chi connectivity index (χ4n) is 1.35. The van der Waals surface area contributed by atoms with Crippen molar-refractivity contribution in [2.45, 2.75) is 19.8 Å². The minimum absolute atomic E-state index is 0.0194. The van der Waals surface area contributed by atoms with E-state index in [4.69, 9.17) is 9.47 Å². The predicted molar refractivity (Wildman–Crippen MR) is 63.1 cm³/mol. The molecule has 16 heavy (non-hydrogen) atoms. The van der Waals surface area contributed by atoms with Crippen LogP contribution in [0.2, 0.25) is 0 Å². The third-order valence-electron chi connectivity index (χ3n) is 2.16. The van der Waals surface area contributed by atoms with E-state index in [1.807, 2.05) is 6.92 Å². The van der Waals surface area contributed by atoms with E-state index in [1.54, 1.807) is 32.4 Å². The van der Waals surface area contributed by atoms with Crippen LogP contribution in [0.4, 0.5) is 5.69 Å². The smallest absolute Gasteiger partial charge is 0.224 e. The Morgan fingerprint density at radius 2 is 2.06 bits per heavy atom. The zero-order chi connectivity index (χ0) is 12.0. The summed E-state index contributed by atoms with van der Waals surface area (Å²) in [5.41, 5.74) is 0.639. The lowest BCUT2D eigenvalue weighted by molar-refractivity contribution is -0.116. The van der Waals surface area contributed by atoms with Crippen LogP contribution in [0.1, 0.15) is 19.8 Å². The number of hydrogen-bond donors (Lipinski definition) is 1. The molecule has 0 atom stereocenters. The maximum atomic E-state index is 11.5. The van der Waals surface area contributed by atoms with Crippen molar-refractivity contribution in [3.63, 3.8) is 0 Å². The number of carbonyl (C=O) groups excluding carboxylic acids is 1. The minimum atomic E-state index is -0.0194. The van der Waals surface area contributed by atoms with Gasteiger partial charge in [-0.2, -0.15) is 0 Å². The lowest BCUT2D eigenvalue weighted by Gasteiger charge is -2.11. The van der Waals surface area contributed by atoms with Gasteiger partial charge in [0.25, 0.3) is 0 Å². The number of anilines is 1. The highest BCUT2D eigenvalue weighted by atomic mass is 16.5. The molecule has 0 radical (unpaired) electrons. The van der Waals surface area contributed by atoms with Gasteiger partial charge in [0.2, 0.25) is 5.91 Å². The van der Waals surface area contributed by atoms with Crippen LogP contribution in [-0.2, 0) is 4.79 Å². The highest BCUT2D eigenvalue weighted by Crippen LogP contribution is 2.28. The molecular formula is C12H17NO3. The molecule has 0 fully saturated rings. The summed E-state index contributed by atoms with van der Waals surface area (Å²) in [6.45, 7) is 1.96. The van der Waals surface area contributed by atoms with Gasteiger partial charge in [0, 0.05) is 12.5 Å². The number of benzene rings is 1. The van der Waals surface area contributed by atoms with Crippen LogP contribution in [0.15, 0.2) is 18.2 Å². The number of hydrogen-bond acceptors (Lipinski definition) is 3. The average molecular weight is 223 g/mol. The first kappa shape index (κ1) is 12.4. The van der Waals surface area contributed by atoms with Crippen LogP contribution in [0.5, 0.6) is 11.5 Å². The van der Waals surface area contributed by atoms with E-state index >= 15 is 0 Å². The van der Waals surface area contributed by atoms with Gasteiger partial charge in [-0.1, -0.05) is 6.92 Å². The standard InChI is InChI=1S/C12H17NO3/c1-4-5-12(14)13-10-8-9(15-2)6-7-11(10)16-3/h6-8H,4-5H2,1-3H3,(H,13,14). The van der Waals surface area contributed by atoms with Crippen molar-refractivity contribution in [2.24, 2.45) is 0 Å². The highest BCUT2D eigenvalue weighted by molar-refractivity contribution is 5.92. The molecule has 0 spiro atoms. The summed E-state index contributed by atoms with van der Waals surface area (Å²) in [6, 6.07) is 5.29. The minimum Gasteiger partial charge on any atom is -0.497 e. The summed E-state index contributed by atoms with van der Waals surface area (Å²) >= 11 is 0. The lowest BCUT2D eigenvalue weighted by Crippen LogP contribution is -2.11. The average Bonchev–Trinajstić information content (AvgIpc) is 2.29. The Labute approximate surface area is 95.6 Å². The van der Waals surface area contributed by atoms with Crippen molar-refractivity contribution in [3.05, 3.63) is 18.2 Å². The Kier molecular flexibility index (Phi) is 4.64. The third-order valence-corrected chi connectivity index (χ3v) is 2.16. The topological polar surface area (TPSA) is 47.6 Å². The molecule has 4 nitrogen and oxygen atoms in total. The Balaban J connectivity index is 2.86. The molecule has 0 aliphatic carbocycles. The van der Waals surface area contributed by atoms with E-state index in [9.17, 15) is 4.79 Å². The lowest BCUT2D eigenvalue weighted by atomic mass is 10.2. The third kappa shape index (κ3) is 3.15. The van der Waals surface area contributed by atoms with Gasteiger partial charge in [-0.15, -0.1) is 0 Å². The van der Waals surface area contributed by atoms with E-state index in [0.29, 0.717) is 23.6 Å². The van der Waals surface area contributed by atoms with Crippen LogP contribution < -0.4 is 14.8 Å². The first-order valence-corrected chi connectivity index (χ1v) is 5.23. The molecule has 1 aromatic carbocycles. The second kappa shape index (κ2) is 6.00. The van der Waals surface area contributed by atoms with E-state index in [2.05, 4.69) is 5.32 Å². The number of nitrogens with one attached hydrogen (secondary N) is 1. The van der Waals surface area contributed by atoms with Gasteiger partial charge in [0.05, 0.1) is 19.9 Å². The Morgan fingerprint density at radius 3 is 2.62 bits per heavy atom. The molecule has 0 saturated carbocycles. The number of carbonyl (C=O) groups is 1. The SMILES string of the molecule is CCCC(=O)Nc1cc(OC)ccc1OC. The van der Waals surface area contributed by atoms with Gasteiger partial charge < -0.3 is 14.8 Å². The van der Waals surface area contributed by atoms with Crippen molar-refractivity contribution in [1.29, 1.82) is 0 Å². The summed E-state index contributed by atoms with van der Waals surface area (Å²) in [5.74, 6) is 1.30. The Bertz CT molecular complexity index is 363. The number of amides is 1. The summed E-state index contributed by atoms with van der Waals surface area (Å²) in [6.07, 6.45) is 1.32. The van der Waals surface area contributed by atoms with Gasteiger partial charge in [-0.3, -0.25) is 4.79 Å². The number of methoxy groups -OCH3 is 2. The molecule has 0 saturated heterocycles. The molecule has 1 rings (SSSR count). The molecule has 1 N–H and O–H groups in total. The van der Waals surface area contributed by atoms with Crippen molar-refractivity contribution < 1.29 is 14.3 Å². The molecule has 0 heterocycles. The predicted octanol–water partition coefficient (Wildman–Crippen LogP) is 2.44. The maximum Gasteiger partial charge on any atom is 0.224 e. The molecule has 0 aliphatic rings. The molecule has 0 aliphatic heterocycles. The Morgan fingerprint density at radius 1 is 1.31 bits per heavy atom. The van der Waals surface area contributed by atoms with Crippen molar-refractivity contribution in [2.75, 3.05) is 19.5 Å². The number of ether oxygens (including phenoxy) is 2. The monoisotopic (exact) mass is 223 g/mol. The van der Waals surface area contributed by atoms with Crippen molar-refractivity contribution in [1.82, 2.24) is 0 Å². The normalized spacial score (nSPS) is 9.69. The quantitative estimate of drug-likeness (QED) is 0.834. The molecular weight excluding hydrogens is 206 g/mol. The van der Waals surface area contributed by atoms with E-state index < -0.39 is 0 Å². The largest absolute Gasteiger partial charge is 0.497 e. The van der Waals surface area contributed by atoms with Crippen molar-refractivity contribution in [3.8, 4) is 11.5 Å². The molecule has 0 unspecified atom stereocenters. The molecule has 88 valence electrons. The highest BCUT2D eigenvalue weighted by Gasteiger charge is 2.07. The van der Waals surface area contributed by atoms with Crippen LogP contribution in [0.25, 0.3) is 0 Å². The maximum absolute atomic E-state index is 11.5. The molecule has 1 amide bonds. The fraction of sp³-hybridized carbons (Fsp3) is 0.417. The summed E-state index contributed by atoms with van der Waals surface area (Å²) in [4.78, 5) is 11.5. The molecule has 4 heteroatoms. The molecule has 0 bridgehead atoms. The van der Waals surface area contributed by atoms with Gasteiger partial charge in [0.1, 0.15) is 11.5 Å². The second-order valence-corrected chi connectivity index (χ2v) is 3.36. The summed E-state index contributed by atoms with van der Waals surface area (Å²) in [5, 5.41) is 2.79.